The Labute approximate surface area is 95.9 Å². The molecule has 1 heterocycles. The average Bonchev–Trinajstić information content (AvgIpc) is 2.09. The van der Waals surface area contributed by atoms with Crippen LogP contribution in [0.5, 0.6) is 0 Å². The molecule has 0 saturated carbocycles. The number of ether oxygens (including phenoxy) is 1. The van der Waals surface area contributed by atoms with Gasteiger partial charge in [-0.2, -0.15) is 5.92 Å². The third-order valence-electron chi connectivity index (χ3n) is 2.28. The van der Waals surface area contributed by atoms with Crippen LogP contribution in [0.25, 0.3) is 0 Å². The molecule has 1 unspecified atom stereocenters. The first-order valence-electron chi connectivity index (χ1n) is 3.72. The molecule has 0 aromatic carbocycles. The molecule has 0 amide bonds. The summed E-state index contributed by atoms with van der Waals surface area (Å²) in [6, 6.07) is -0.215. The molecule has 0 aromatic heterocycles. The van der Waals surface area contributed by atoms with Crippen LogP contribution in [0.2, 0.25) is 0 Å². The summed E-state index contributed by atoms with van der Waals surface area (Å²) in [6.07, 6.45) is 2.91. The van der Waals surface area contributed by atoms with Gasteiger partial charge in [-0.15, -0.1) is 6.00 Å². The molecule has 1 nitrogen and oxygen atoms in total. The topological polar surface area (TPSA) is 9.23 Å². The zero-order valence-electron chi connectivity index (χ0n) is 7.21. The van der Waals surface area contributed by atoms with Gasteiger partial charge in [0, 0.05) is 32.7 Å². The molecule has 1 aliphatic heterocycles. The minimum absolute atomic E-state index is 0. The summed E-state index contributed by atoms with van der Waals surface area (Å²) in [4.78, 5) is 0. The van der Waals surface area contributed by atoms with Crippen molar-refractivity contribution < 1.29 is 37.4 Å². The normalized spacial score (nSPS) is 43.5. The first-order chi connectivity index (χ1) is 4.58. The molecule has 0 aromatic rings. The van der Waals surface area contributed by atoms with Crippen molar-refractivity contribution >= 4 is 7.85 Å². The molecule has 1 rings (SSSR count). The van der Waals surface area contributed by atoms with Crippen molar-refractivity contribution in [1.29, 1.82) is 0 Å². The van der Waals surface area contributed by atoms with E-state index in [0.29, 0.717) is 5.92 Å². The Bertz CT molecular complexity index is 131. The van der Waals surface area contributed by atoms with Gasteiger partial charge in [-0.05, 0) is 0 Å². The molecular weight excluding hydrogens is 212 g/mol. The first kappa shape index (κ1) is 12.1. The quantitative estimate of drug-likeness (QED) is 0.483. The minimum atomic E-state index is -0.264. The van der Waals surface area contributed by atoms with E-state index >= 15 is 0 Å². The van der Waals surface area contributed by atoms with Crippen LogP contribution in [0.1, 0.15) is 20.3 Å². The largest absolute Gasteiger partial charge is 0.446 e. The second-order valence-electron chi connectivity index (χ2n) is 2.98. The van der Waals surface area contributed by atoms with Crippen molar-refractivity contribution in [2.45, 2.75) is 31.9 Å². The van der Waals surface area contributed by atoms with E-state index in [0.717, 1.165) is 6.42 Å². The third-order valence-corrected chi connectivity index (χ3v) is 2.28. The fraction of sp³-hybridized carbons (Fsp3) is 0.750. The van der Waals surface area contributed by atoms with Crippen molar-refractivity contribution in [3.8, 4) is 0 Å². The summed E-state index contributed by atoms with van der Waals surface area (Å²) >= 11 is 0. The van der Waals surface area contributed by atoms with Gasteiger partial charge in [0.2, 0.25) is 0 Å². The monoisotopic (exact) mass is 225 g/mol. The summed E-state index contributed by atoms with van der Waals surface area (Å²) < 4.78 is 5.42. The molecule has 0 aliphatic carbocycles. The van der Waals surface area contributed by atoms with E-state index in [1.807, 2.05) is 6.42 Å². The molecule has 1 fully saturated rings. The van der Waals surface area contributed by atoms with Gasteiger partial charge in [-0.1, -0.05) is 25.9 Å². The molecule has 59 valence electrons. The van der Waals surface area contributed by atoms with E-state index in [4.69, 9.17) is 12.6 Å². The maximum absolute atomic E-state index is 5.56. The van der Waals surface area contributed by atoms with Crippen molar-refractivity contribution in [1.82, 2.24) is 0 Å². The van der Waals surface area contributed by atoms with Gasteiger partial charge >= 0.3 is 0 Å². The number of hydrogen-bond donors (Lipinski definition) is 0. The SMILES string of the molecule is [B][C@H]1[CH-][C@@H](C)C([CH2-])(CC)O1.[Y]. The summed E-state index contributed by atoms with van der Waals surface area (Å²) in [5.74, 6) is 0.368. The van der Waals surface area contributed by atoms with Gasteiger partial charge in [0.15, 0.2) is 0 Å². The molecule has 3 atom stereocenters. The summed E-state index contributed by atoms with van der Waals surface area (Å²) in [6.45, 7) is 8.14. The Morgan fingerprint density at radius 1 is 1.73 bits per heavy atom. The molecule has 0 spiro atoms. The fourth-order valence-corrected chi connectivity index (χ4v) is 1.28. The van der Waals surface area contributed by atoms with Crippen molar-refractivity contribution in [2.75, 3.05) is 0 Å². The summed E-state index contributed by atoms with van der Waals surface area (Å²) in [7, 11) is 5.56. The van der Waals surface area contributed by atoms with E-state index in [-0.39, 0.29) is 44.3 Å². The minimum Gasteiger partial charge on any atom is -0.446 e. The van der Waals surface area contributed by atoms with Gasteiger partial charge in [-0.3, -0.25) is 0 Å². The van der Waals surface area contributed by atoms with Crippen molar-refractivity contribution in [3.05, 3.63) is 13.3 Å². The van der Waals surface area contributed by atoms with Crippen LogP contribution in [0.15, 0.2) is 0 Å². The second-order valence-corrected chi connectivity index (χ2v) is 2.98. The maximum atomic E-state index is 5.56. The van der Waals surface area contributed by atoms with Crippen LogP contribution in [0.3, 0.4) is 0 Å². The summed E-state index contributed by atoms with van der Waals surface area (Å²) in [5, 5.41) is 0. The first-order valence-corrected chi connectivity index (χ1v) is 3.72. The smallest absolute Gasteiger partial charge is 0.0623 e. The zero-order valence-corrected chi connectivity index (χ0v) is 10.0. The average molecular weight is 225 g/mol. The standard InChI is InChI=1S/C8H13BO.Y/c1-4-8(3)6(2)5-7(9)10-8;/h5-7H,3-4H2,1-2H3;/q-2;/t6-,7-,8?;/m1./s1. The Hall–Kier alpha value is 1.13. The molecule has 0 bridgehead atoms. The van der Waals surface area contributed by atoms with Gasteiger partial charge in [0.05, 0.1) is 7.85 Å². The maximum Gasteiger partial charge on any atom is 0.0623 e. The fourth-order valence-electron chi connectivity index (χ4n) is 1.28. The third kappa shape index (κ3) is 2.53. The van der Waals surface area contributed by atoms with Crippen LogP contribution in [-0.4, -0.2) is 19.5 Å². The Morgan fingerprint density at radius 3 is 2.45 bits per heavy atom. The van der Waals surface area contributed by atoms with Crippen molar-refractivity contribution in [2.24, 2.45) is 5.92 Å². The Kier molecular flexibility index (Phi) is 4.84. The van der Waals surface area contributed by atoms with E-state index in [1.54, 1.807) is 0 Å². The molecule has 0 N–H and O–H groups in total. The van der Waals surface area contributed by atoms with E-state index in [1.165, 1.54) is 0 Å². The van der Waals surface area contributed by atoms with Gasteiger partial charge in [0.25, 0.3) is 0 Å². The van der Waals surface area contributed by atoms with Crippen LogP contribution >= 0.6 is 0 Å². The molecule has 3 radical (unpaired) electrons. The predicted octanol–water partition coefficient (Wildman–Crippen LogP) is 1.33. The molecule has 3 heteroatoms. The van der Waals surface area contributed by atoms with Crippen LogP contribution in [-0.2, 0) is 37.4 Å². The molecule has 1 aliphatic rings. The van der Waals surface area contributed by atoms with Crippen LogP contribution < -0.4 is 0 Å². The number of rotatable bonds is 1. The Morgan fingerprint density at radius 2 is 2.27 bits per heavy atom. The predicted molar refractivity (Wildman–Crippen MR) is 42.5 cm³/mol. The van der Waals surface area contributed by atoms with Gasteiger partial charge < -0.3 is 18.1 Å². The molecule has 11 heavy (non-hydrogen) atoms. The van der Waals surface area contributed by atoms with Gasteiger partial charge in [0.1, 0.15) is 0 Å². The molecular formula is C8H13BOY-2. The van der Waals surface area contributed by atoms with Gasteiger partial charge in [-0.25, -0.2) is 0 Å². The van der Waals surface area contributed by atoms with Crippen LogP contribution in [0, 0.1) is 19.3 Å². The van der Waals surface area contributed by atoms with Crippen LogP contribution in [0.4, 0.5) is 0 Å². The van der Waals surface area contributed by atoms with E-state index < -0.39 is 0 Å². The van der Waals surface area contributed by atoms with E-state index in [2.05, 4.69) is 20.8 Å². The van der Waals surface area contributed by atoms with E-state index in [9.17, 15) is 0 Å². The van der Waals surface area contributed by atoms with Crippen molar-refractivity contribution in [3.63, 3.8) is 0 Å². The zero-order chi connectivity index (χ0) is 7.78. The number of hydrogen-bond acceptors (Lipinski definition) is 1. The second kappa shape index (κ2) is 4.39. The molecule has 1 saturated heterocycles. The summed E-state index contributed by atoms with van der Waals surface area (Å²) in [5.41, 5.74) is -0.264. The Balaban J connectivity index is 0.000001000.